The van der Waals surface area contributed by atoms with Crippen molar-refractivity contribution in [3.05, 3.63) is 96.1 Å². The second-order valence-corrected chi connectivity index (χ2v) is 6.84. The number of aromatic hydroxyl groups is 2. The second kappa shape index (κ2) is 8.97. The van der Waals surface area contributed by atoms with Crippen molar-refractivity contribution in [3.63, 3.8) is 0 Å². The fourth-order valence-electron chi connectivity index (χ4n) is 2.96. The highest BCUT2D eigenvalue weighted by Gasteiger charge is 2.09. The molecule has 0 radical (unpaired) electrons. The molecule has 4 aromatic rings. The smallest absolute Gasteiger partial charge is 0.362 e. The normalized spacial score (nSPS) is 10.9. The molecule has 0 aliphatic carbocycles. The van der Waals surface area contributed by atoms with E-state index in [1.807, 2.05) is 30.3 Å². The number of phenols is 2. The lowest BCUT2D eigenvalue weighted by Crippen LogP contribution is -2.10. The van der Waals surface area contributed by atoms with E-state index in [0.29, 0.717) is 16.9 Å². The molecule has 0 aliphatic rings. The molecule has 0 aromatic heterocycles. The van der Waals surface area contributed by atoms with Crippen LogP contribution in [0.5, 0.6) is 11.5 Å². The van der Waals surface area contributed by atoms with Crippen molar-refractivity contribution in [2.24, 2.45) is 10.2 Å². The van der Waals surface area contributed by atoms with E-state index in [0.717, 1.165) is 16.8 Å². The first-order valence-corrected chi connectivity index (χ1v) is 9.53. The van der Waals surface area contributed by atoms with Gasteiger partial charge in [-0.25, -0.2) is 10.3 Å². The van der Waals surface area contributed by atoms with Crippen LogP contribution in [0.25, 0.3) is 10.8 Å². The molecule has 0 aliphatic heterocycles. The summed E-state index contributed by atoms with van der Waals surface area (Å²) in [6.07, 6.45) is 0. The zero-order valence-corrected chi connectivity index (χ0v) is 16.6. The molecular weight excluding hydrogens is 410 g/mol. The molecule has 0 atom stereocenters. The lowest BCUT2D eigenvalue weighted by Gasteiger charge is -2.07. The molecule has 4 rings (SSSR count). The van der Waals surface area contributed by atoms with Gasteiger partial charge in [0.15, 0.2) is 0 Å². The van der Waals surface area contributed by atoms with Crippen LogP contribution in [0.1, 0.15) is 20.7 Å². The SMILES string of the molecule is O=C(N=Nc1ccc(NOC(=O)c2ccc3ccccc3c2)cc1)c1cc(O)cc(O)c1. The Balaban J connectivity index is 1.36. The highest BCUT2D eigenvalue weighted by molar-refractivity contribution is 5.96. The zero-order chi connectivity index (χ0) is 22.5. The van der Waals surface area contributed by atoms with Crippen molar-refractivity contribution < 1.29 is 24.6 Å². The number of nitrogens with one attached hydrogen (secondary N) is 1. The number of nitrogens with zero attached hydrogens (tertiary/aromatic N) is 2. The standard InChI is InChI=1S/C24H17N3O5/c28-21-12-18(13-22(29)14-21)23(30)26-25-19-7-9-20(10-8-19)27-32-24(31)17-6-5-15-3-1-2-4-16(15)11-17/h1-14,27-29H. The van der Waals surface area contributed by atoms with E-state index >= 15 is 0 Å². The number of anilines is 1. The summed E-state index contributed by atoms with van der Waals surface area (Å²) in [5.41, 5.74) is 3.88. The van der Waals surface area contributed by atoms with Gasteiger partial charge in [0.25, 0.3) is 5.91 Å². The van der Waals surface area contributed by atoms with Gasteiger partial charge >= 0.3 is 5.97 Å². The van der Waals surface area contributed by atoms with E-state index < -0.39 is 11.9 Å². The zero-order valence-electron chi connectivity index (χ0n) is 16.6. The minimum absolute atomic E-state index is 0.00476. The Morgan fingerprint density at radius 3 is 2.16 bits per heavy atom. The lowest BCUT2D eigenvalue weighted by atomic mass is 10.1. The molecule has 0 spiro atoms. The van der Waals surface area contributed by atoms with Crippen molar-refractivity contribution in [2.45, 2.75) is 0 Å². The molecule has 0 saturated heterocycles. The van der Waals surface area contributed by atoms with Crippen LogP contribution in [-0.2, 0) is 4.84 Å². The van der Waals surface area contributed by atoms with Gasteiger partial charge in [-0.3, -0.25) is 4.79 Å². The third kappa shape index (κ3) is 4.88. The minimum atomic E-state index is -0.720. The first-order valence-electron chi connectivity index (χ1n) is 9.53. The molecule has 0 fully saturated rings. The molecule has 8 heteroatoms. The Labute approximate surface area is 182 Å². The Morgan fingerprint density at radius 1 is 0.750 bits per heavy atom. The fourth-order valence-corrected chi connectivity index (χ4v) is 2.96. The maximum absolute atomic E-state index is 12.3. The van der Waals surface area contributed by atoms with Gasteiger partial charge in [0.2, 0.25) is 0 Å². The number of carbonyl (C=O) groups is 2. The quantitative estimate of drug-likeness (QED) is 0.291. The first kappa shape index (κ1) is 20.5. The number of hydrogen-bond donors (Lipinski definition) is 3. The van der Waals surface area contributed by atoms with E-state index in [2.05, 4.69) is 15.7 Å². The van der Waals surface area contributed by atoms with E-state index in [-0.39, 0.29) is 17.1 Å². The number of rotatable bonds is 5. The summed E-state index contributed by atoms with van der Waals surface area (Å²) in [4.78, 5) is 29.5. The van der Waals surface area contributed by atoms with Crippen LogP contribution in [0, 0.1) is 0 Å². The second-order valence-electron chi connectivity index (χ2n) is 6.84. The number of carbonyl (C=O) groups excluding carboxylic acids is 2. The minimum Gasteiger partial charge on any atom is -0.508 e. The Morgan fingerprint density at radius 2 is 1.44 bits per heavy atom. The molecular formula is C24H17N3O5. The van der Waals surface area contributed by atoms with Gasteiger partial charge in [0.05, 0.1) is 22.5 Å². The Hall–Kier alpha value is -4.72. The van der Waals surface area contributed by atoms with Gasteiger partial charge in [0.1, 0.15) is 11.5 Å². The molecule has 0 bridgehead atoms. The molecule has 8 nitrogen and oxygen atoms in total. The molecule has 32 heavy (non-hydrogen) atoms. The first-order chi connectivity index (χ1) is 15.5. The molecule has 3 N–H and O–H groups in total. The maximum atomic E-state index is 12.3. The summed E-state index contributed by atoms with van der Waals surface area (Å²) in [5, 5.41) is 28.3. The summed E-state index contributed by atoms with van der Waals surface area (Å²) >= 11 is 0. The summed E-state index contributed by atoms with van der Waals surface area (Å²) < 4.78 is 0. The molecule has 0 heterocycles. The van der Waals surface area contributed by atoms with Crippen LogP contribution >= 0.6 is 0 Å². The number of benzene rings is 4. The summed E-state index contributed by atoms with van der Waals surface area (Å²) in [5.74, 6) is -1.75. The van der Waals surface area contributed by atoms with Gasteiger partial charge in [-0.05, 0) is 59.3 Å². The van der Waals surface area contributed by atoms with Crippen LogP contribution in [0.4, 0.5) is 11.4 Å². The van der Waals surface area contributed by atoms with Crippen molar-refractivity contribution in [1.29, 1.82) is 0 Å². The van der Waals surface area contributed by atoms with E-state index in [1.165, 1.54) is 12.1 Å². The van der Waals surface area contributed by atoms with Crippen molar-refractivity contribution >= 4 is 34.0 Å². The summed E-state index contributed by atoms with van der Waals surface area (Å²) in [6.45, 7) is 0. The van der Waals surface area contributed by atoms with Crippen molar-refractivity contribution in [1.82, 2.24) is 0 Å². The molecule has 4 aromatic carbocycles. The maximum Gasteiger partial charge on any atom is 0.362 e. The van der Waals surface area contributed by atoms with Crippen molar-refractivity contribution in [2.75, 3.05) is 5.48 Å². The highest BCUT2D eigenvalue weighted by Crippen LogP contribution is 2.22. The summed E-state index contributed by atoms with van der Waals surface area (Å²) in [7, 11) is 0. The number of phenolic OH excluding ortho intramolecular Hbond substituents is 2. The highest BCUT2D eigenvalue weighted by atomic mass is 16.7. The monoisotopic (exact) mass is 427 g/mol. The predicted octanol–water partition coefficient (Wildman–Crippen LogP) is 5.36. The Kier molecular flexibility index (Phi) is 5.76. The number of fused-ring (bicyclic) bond motifs is 1. The molecule has 158 valence electrons. The number of amides is 1. The molecule has 0 saturated carbocycles. The largest absolute Gasteiger partial charge is 0.508 e. The van der Waals surface area contributed by atoms with Crippen molar-refractivity contribution in [3.8, 4) is 11.5 Å². The Bertz CT molecular complexity index is 1310. The number of hydrogen-bond acceptors (Lipinski definition) is 7. The van der Waals surface area contributed by atoms with Gasteiger partial charge in [0, 0.05) is 6.07 Å². The topological polar surface area (TPSA) is 121 Å². The third-order valence-corrected chi connectivity index (χ3v) is 4.52. The van der Waals surface area contributed by atoms with Crippen LogP contribution < -0.4 is 5.48 Å². The average molecular weight is 427 g/mol. The van der Waals surface area contributed by atoms with Crippen LogP contribution in [0.15, 0.2) is 95.2 Å². The molecule has 1 amide bonds. The number of azo groups is 1. The predicted molar refractivity (Wildman–Crippen MR) is 118 cm³/mol. The average Bonchev–Trinajstić information content (AvgIpc) is 2.80. The molecule has 0 unspecified atom stereocenters. The van der Waals surface area contributed by atoms with Gasteiger partial charge in [-0.2, -0.15) is 0 Å². The van der Waals surface area contributed by atoms with Crippen LogP contribution in [0.3, 0.4) is 0 Å². The van der Waals surface area contributed by atoms with Gasteiger partial charge < -0.3 is 15.1 Å². The van der Waals surface area contributed by atoms with Gasteiger partial charge in [-0.15, -0.1) is 10.2 Å². The lowest BCUT2D eigenvalue weighted by molar-refractivity contribution is 0.0596. The van der Waals surface area contributed by atoms with Crippen LogP contribution in [-0.4, -0.2) is 22.1 Å². The van der Waals surface area contributed by atoms with E-state index in [9.17, 15) is 19.8 Å². The van der Waals surface area contributed by atoms with Crippen LogP contribution in [0.2, 0.25) is 0 Å². The fraction of sp³-hybridized carbons (Fsp3) is 0. The third-order valence-electron chi connectivity index (χ3n) is 4.52. The van der Waals surface area contributed by atoms with E-state index in [4.69, 9.17) is 4.84 Å². The van der Waals surface area contributed by atoms with E-state index in [1.54, 1.807) is 36.4 Å². The van der Waals surface area contributed by atoms with Gasteiger partial charge in [-0.1, -0.05) is 30.3 Å². The summed E-state index contributed by atoms with van der Waals surface area (Å²) in [6, 6.07) is 22.8.